The van der Waals surface area contributed by atoms with Crippen molar-refractivity contribution in [3.05, 3.63) is 28.2 Å². The summed E-state index contributed by atoms with van der Waals surface area (Å²) in [4.78, 5) is 2.33. The van der Waals surface area contributed by atoms with Crippen LogP contribution in [0, 0.1) is 5.92 Å². The highest BCUT2D eigenvalue weighted by Gasteiger charge is 2.09. The average Bonchev–Trinajstić information content (AvgIpc) is 2.35. The van der Waals surface area contributed by atoms with Crippen LogP contribution in [0.3, 0.4) is 0 Å². The molecule has 0 saturated carbocycles. The number of hydrogen-bond acceptors (Lipinski definition) is 2. The molecular weight excluding hydrogens is 300 g/mol. The highest BCUT2D eigenvalue weighted by Crippen LogP contribution is 2.27. The number of nitrogens with zero attached hydrogens (tertiary/aromatic N) is 1. The maximum Gasteiger partial charge on any atom is 0.0508 e. The van der Waals surface area contributed by atoms with E-state index in [1.807, 2.05) is 0 Å². The van der Waals surface area contributed by atoms with Crippen LogP contribution >= 0.6 is 15.9 Å². The number of rotatable bonds is 7. The molecule has 1 aromatic rings. The maximum absolute atomic E-state index is 3.70. The van der Waals surface area contributed by atoms with Gasteiger partial charge < -0.3 is 10.2 Å². The summed E-state index contributed by atoms with van der Waals surface area (Å²) in [5.41, 5.74) is 2.59. The van der Waals surface area contributed by atoms with E-state index < -0.39 is 0 Å². The maximum atomic E-state index is 3.70. The van der Waals surface area contributed by atoms with Gasteiger partial charge in [0.05, 0.1) is 5.69 Å². The van der Waals surface area contributed by atoms with Crippen molar-refractivity contribution < 1.29 is 0 Å². The zero-order chi connectivity index (χ0) is 14.4. The van der Waals surface area contributed by atoms with Crippen LogP contribution in [0.15, 0.2) is 22.7 Å². The zero-order valence-electron chi connectivity index (χ0n) is 12.8. The molecule has 1 atom stereocenters. The van der Waals surface area contributed by atoms with Gasteiger partial charge in [-0.05, 0) is 39.5 Å². The fourth-order valence-corrected chi connectivity index (χ4v) is 2.72. The van der Waals surface area contributed by atoms with Crippen molar-refractivity contribution in [2.24, 2.45) is 5.92 Å². The second-order valence-electron chi connectivity index (χ2n) is 5.72. The SMILES string of the molecule is CCC(C)CN(C)c1ccc(CNC(C)C)cc1Br. The van der Waals surface area contributed by atoms with Gasteiger partial charge in [-0.15, -0.1) is 0 Å². The quantitative estimate of drug-likeness (QED) is 0.797. The molecule has 0 aromatic heterocycles. The van der Waals surface area contributed by atoms with E-state index in [1.54, 1.807) is 0 Å². The molecule has 0 heterocycles. The van der Waals surface area contributed by atoms with E-state index in [-0.39, 0.29) is 0 Å². The highest BCUT2D eigenvalue weighted by atomic mass is 79.9. The second-order valence-corrected chi connectivity index (χ2v) is 6.57. The normalized spacial score (nSPS) is 12.8. The van der Waals surface area contributed by atoms with E-state index in [9.17, 15) is 0 Å². The number of nitrogens with one attached hydrogen (secondary N) is 1. The molecule has 1 rings (SSSR count). The molecule has 0 radical (unpaired) electrons. The molecule has 0 aliphatic rings. The second kappa shape index (κ2) is 7.91. The Hall–Kier alpha value is -0.540. The smallest absolute Gasteiger partial charge is 0.0508 e. The first-order chi connectivity index (χ1) is 8.93. The molecule has 0 amide bonds. The summed E-state index contributed by atoms with van der Waals surface area (Å²) in [5, 5.41) is 3.44. The van der Waals surface area contributed by atoms with Crippen LogP contribution in [-0.4, -0.2) is 19.6 Å². The molecule has 19 heavy (non-hydrogen) atoms. The molecule has 1 aromatic carbocycles. The summed E-state index contributed by atoms with van der Waals surface area (Å²) in [6.45, 7) is 10.9. The highest BCUT2D eigenvalue weighted by molar-refractivity contribution is 9.10. The molecule has 0 aliphatic carbocycles. The fraction of sp³-hybridized carbons (Fsp3) is 0.625. The standard InChI is InChI=1S/C16H27BrN2/c1-6-13(4)11-19(5)16-8-7-14(9-15(16)17)10-18-12(2)3/h7-9,12-13,18H,6,10-11H2,1-5H3. The Morgan fingerprint density at radius 1 is 1.26 bits per heavy atom. The van der Waals surface area contributed by atoms with Gasteiger partial charge in [0, 0.05) is 30.7 Å². The van der Waals surface area contributed by atoms with Crippen LogP contribution in [0.2, 0.25) is 0 Å². The molecule has 3 heteroatoms. The van der Waals surface area contributed by atoms with Crippen molar-refractivity contribution in [3.63, 3.8) is 0 Å². The lowest BCUT2D eigenvalue weighted by atomic mass is 10.1. The van der Waals surface area contributed by atoms with E-state index in [0.29, 0.717) is 6.04 Å². The van der Waals surface area contributed by atoms with E-state index in [0.717, 1.165) is 19.0 Å². The fourth-order valence-electron chi connectivity index (χ4n) is 1.99. The lowest BCUT2D eigenvalue weighted by molar-refractivity contribution is 0.559. The lowest BCUT2D eigenvalue weighted by Crippen LogP contribution is -2.24. The van der Waals surface area contributed by atoms with Gasteiger partial charge in [0.15, 0.2) is 0 Å². The van der Waals surface area contributed by atoms with Crippen LogP contribution in [0.1, 0.15) is 39.7 Å². The summed E-state index contributed by atoms with van der Waals surface area (Å²) in [7, 11) is 2.16. The van der Waals surface area contributed by atoms with Crippen molar-refractivity contribution in [1.82, 2.24) is 5.32 Å². The number of halogens is 1. The van der Waals surface area contributed by atoms with Crippen molar-refractivity contribution in [2.45, 2.75) is 46.7 Å². The molecule has 0 aliphatic heterocycles. The largest absolute Gasteiger partial charge is 0.373 e. The van der Waals surface area contributed by atoms with Crippen LogP contribution in [0.25, 0.3) is 0 Å². The molecular formula is C16H27BrN2. The van der Waals surface area contributed by atoms with Gasteiger partial charge in [-0.1, -0.05) is 40.2 Å². The van der Waals surface area contributed by atoms with Crippen molar-refractivity contribution in [3.8, 4) is 0 Å². The summed E-state index contributed by atoms with van der Waals surface area (Å²) in [5.74, 6) is 0.721. The Kier molecular flexibility index (Phi) is 6.87. The molecule has 1 unspecified atom stereocenters. The first kappa shape index (κ1) is 16.5. The third-order valence-electron chi connectivity index (χ3n) is 3.42. The Morgan fingerprint density at radius 3 is 2.47 bits per heavy atom. The Morgan fingerprint density at radius 2 is 1.95 bits per heavy atom. The summed E-state index contributed by atoms with van der Waals surface area (Å²) >= 11 is 3.70. The molecule has 1 N–H and O–H groups in total. The molecule has 0 spiro atoms. The van der Waals surface area contributed by atoms with E-state index in [1.165, 1.54) is 22.1 Å². The van der Waals surface area contributed by atoms with E-state index >= 15 is 0 Å². The summed E-state index contributed by atoms with van der Waals surface area (Å²) < 4.78 is 1.18. The summed E-state index contributed by atoms with van der Waals surface area (Å²) in [6, 6.07) is 7.16. The number of hydrogen-bond donors (Lipinski definition) is 1. The number of benzene rings is 1. The monoisotopic (exact) mass is 326 g/mol. The van der Waals surface area contributed by atoms with Gasteiger partial charge in [-0.2, -0.15) is 0 Å². The van der Waals surface area contributed by atoms with Gasteiger partial charge in [-0.3, -0.25) is 0 Å². The van der Waals surface area contributed by atoms with Crippen LogP contribution in [0.4, 0.5) is 5.69 Å². The Labute approximate surface area is 126 Å². The average molecular weight is 327 g/mol. The van der Waals surface area contributed by atoms with Crippen molar-refractivity contribution >= 4 is 21.6 Å². The molecule has 0 saturated heterocycles. The van der Waals surface area contributed by atoms with E-state index in [2.05, 4.69) is 79.1 Å². The number of anilines is 1. The van der Waals surface area contributed by atoms with Gasteiger partial charge in [0.2, 0.25) is 0 Å². The van der Waals surface area contributed by atoms with Crippen LogP contribution < -0.4 is 10.2 Å². The predicted molar refractivity (Wildman–Crippen MR) is 88.8 cm³/mol. The minimum atomic E-state index is 0.520. The van der Waals surface area contributed by atoms with Crippen LogP contribution in [0.5, 0.6) is 0 Å². The van der Waals surface area contributed by atoms with Gasteiger partial charge >= 0.3 is 0 Å². The van der Waals surface area contributed by atoms with Crippen molar-refractivity contribution in [1.29, 1.82) is 0 Å². The molecule has 0 bridgehead atoms. The molecule has 108 valence electrons. The van der Waals surface area contributed by atoms with E-state index in [4.69, 9.17) is 0 Å². The minimum Gasteiger partial charge on any atom is -0.373 e. The zero-order valence-corrected chi connectivity index (χ0v) is 14.4. The first-order valence-electron chi connectivity index (χ1n) is 7.17. The lowest BCUT2D eigenvalue weighted by Gasteiger charge is -2.24. The summed E-state index contributed by atoms with van der Waals surface area (Å²) in [6.07, 6.45) is 1.22. The Balaban J connectivity index is 2.71. The van der Waals surface area contributed by atoms with Gasteiger partial charge in [0.25, 0.3) is 0 Å². The predicted octanol–water partition coefficient (Wildman–Crippen LogP) is 4.43. The van der Waals surface area contributed by atoms with Gasteiger partial charge in [-0.25, -0.2) is 0 Å². The Bertz CT molecular complexity index is 390. The molecule has 0 fully saturated rings. The third kappa shape index (κ3) is 5.53. The molecule has 2 nitrogen and oxygen atoms in total. The minimum absolute atomic E-state index is 0.520. The third-order valence-corrected chi connectivity index (χ3v) is 4.06. The first-order valence-corrected chi connectivity index (χ1v) is 7.96. The topological polar surface area (TPSA) is 15.3 Å². The van der Waals surface area contributed by atoms with Crippen molar-refractivity contribution in [2.75, 3.05) is 18.5 Å². The van der Waals surface area contributed by atoms with Crippen LogP contribution in [-0.2, 0) is 6.54 Å². The van der Waals surface area contributed by atoms with Gasteiger partial charge in [0.1, 0.15) is 0 Å².